The Morgan fingerprint density at radius 1 is 1.17 bits per heavy atom. The van der Waals surface area contributed by atoms with Gasteiger partial charge in [-0.05, 0) is 57.6 Å². The molecule has 158 valence electrons. The number of hydrogen-bond donors (Lipinski definition) is 0. The van der Waals surface area contributed by atoms with Gasteiger partial charge in [0, 0.05) is 29.1 Å². The van der Waals surface area contributed by atoms with Crippen LogP contribution in [0.15, 0.2) is 28.8 Å². The molecule has 2 aliphatic heterocycles. The fourth-order valence-electron chi connectivity index (χ4n) is 5.27. The number of ether oxygens (including phenoxy) is 1. The van der Waals surface area contributed by atoms with Crippen LogP contribution in [-0.2, 0) is 9.53 Å². The van der Waals surface area contributed by atoms with Gasteiger partial charge in [-0.15, -0.1) is 0 Å². The number of aromatic nitrogens is 2. The van der Waals surface area contributed by atoms with E-state index in [-0.39, 0.29) is 24.0 Å². The standard InChI is InChI=1S/C23H27N3O4/c1-3-23(22(28)29-4-2)13-17-11-12-18(23)26(17)21(27)16-9-5-14(6-10-16)19-24-20(30-25-19)15-7-8-15/h5-6,9-10,15,17-18H,3-4,7-8,11-13H2,1-2H3/t17-,18+,23+/m1/s1. The lowest BCUT2D eigenvalue weighted by Crippen LogP contribution is -2.45. The Morgan fingerprint density at radius 3 is 2.60 bits per heavy atom. The Morgan fingerprint density at radius 2 is 1.93 bits per heavy atom. The van der Waals surface area contributed by atoms with E-state index in [1.165, 1.54) is 0 Å². The Labute approximate surface area is 175 Å². The molecule has 2 bridgehead atoms. The molecule has 0 radical (unpaired) electrons. The largest absolute Gasteiger partial charge is 0.466 e. The third-order valence-corrected chi connectivity index (χ3v) is 7.05. The molecule has 3 atom stereocenters. The number of carbonyl (C=O) groups is 2. The van der Waals surface area contributed by atoms with E-state index >= 15 is 0 Å². The number of fused-ring (bicyclic) bond motifs is 2. The molecular formula is C23H27N3O4. The summed E-state index contributed by atoms with van der Waals surface area (Å²) >= 11 is 0. The third-order valence-electron chi connectivity index (χ3n) is 7.05. The van der Waals surface area contributed by atoms with Gasteiger partial charge in [-0.25, -0.2) is 0 Å². The summed E-state index contributed by atoms with van der Waals surface area (Å²) in [5, 5.41) is 4.07. The average Bonchev–Trinajstić information content (AvgIpc) is 3.23. The number of benzene rings is 1. The first-order chi connectivity index (χ1) is 14.6. The van der Waals surface area contributed by atoms with Crippen LogP contribution in [0.25, 0.3) is 11.4 Å². The SMILES string of the molecule is CCOC(=O)[C@@]1(CC)C[C@H]2CC[C@@H]1N2C(=O)c1ccc(-c2noc(C3CC3)n2)cc1. The molecule has 3 fully saturated rings. The normalized spacial score (nSPS) is 27.5. The average molecular weight is 409 g/mol. The number of nitrogens with zero attached hydrogens (tertiary/aromatic N) is 3. The molecule has 3 heterocycles. The lowest BCUT2D eigenvalue weighted by atomic mass is 9.72. The minimum absolute atomic E-state index is 0.0135. The predicted molar refractivity (Wildman–Crippen MR) is 109 cm³/mol. The van der Waals surface area contributed by atoms with E-state index in [0.29, 0.717) is 42.6 Å². The number of rotatable bonds is 6. The van der Waals surface area contributed by atoms with Crippen LogP contribution in [0.2, 0.25) is 0 Å². The zero-order chi connectivity index (χ0) is 20.9. The van der Waals surface area contributed by atoms with Crippen molar-refractivity contribution in [3.05, 3.63) is 35.7 Å². The van der Waals surface area contributed by atoms with Crippen LogP contribution in [0, 0.1) is 5.41 Å². The Hall–Kier alpha value is -2.70. The molecule has 7 nitrogen and oxygen atoms in total. The van der Waals surface area contributed by atoms with Gasteiger partial charge in [0.15, 0.2) is 0 Å². The van der Waals surface area contributed by atoms with Gasteiger partial charge in [-0.3, -0.25) is 9.59 Å². The molecule has 1 aromatic heterocycles. The highest BCUT2D eigenvalue weighted by Crippen LogP contribution is 2.53. The van der Waals surface area contributed by atoms with Gasteiger partial charge in [0.05, 0.1) is 12.0 Å². The first kappa shape index (κ1) is 19.3. The second kappa shape index (κ2) is 7.22. The Kier molecular flexibility index (Phi) is 4.64. The monoisotopic (exact) mass is 409 g/mol. The Bertz CT molecular complexity index is 965. The van der Waals surface area contributed by atoms with Crippen molar-refractivity contribution in [2.24, 2.45) is 5.41 Å². The van der Waals surface area contributed by atoms with Gasteiger partial charge in [-0.1, -0.05) is 24.2 Å². The summed E-state index contributed by atoms with van der Waals surface area (Å²) in [6.45, 7) is 4.22. The number of hydrogen-bond acceptors (Lipinski definition) is 6. The van der Waals surface area contributed by atoms with Gasteiger partial charge >= 0.3 is 5.97 Å². The minimum atomic E-state index is -0.571. The molecule has 0 spiro atoms. The van der Waals surface area contributed by atoms with Crippen molar-refractivity contribution in [3.63, 3.8) is 0 Å². The highest BCUT2D eigenvalue weighted by Gasteiger charge is 2.61. The maximum Gasteiger partial charge on any atom is 0.314 e. The van der Waals surface area contributed by atoms with Crippen molar-refractivity contribution in [1.29, 1.82) is 0 Å². The van der Waals surface area contributed by atoms with Gasteiger partial charge in [0.25, 0.3) is 5.91 Å². The summed E-state index contributed by atoms with van der Waals surface area (Å²) in [7, 11) is 0. The molecule has 2 saturated heterocycles. The maximum atomic E-state index is 13.4. The van der Waals surface area contributed by atoms with E-state index in [2.05, 4.69) is 10.1 Å². The molecule has 1 amide bonds. The van der Waals surface area contributed by atoms with Crippen molar-refractivity contribution >= 4 is 11.9 Å². The van der Waals surface area contributed by atoms with Crippen LogP contribution in [-0.4, -0.2) is 45.6 Å². The zero-order valence-corrected chi connectivity index (χ0v) is 17.5. The van der Waals surface area contributed by atoms with E-state index in [1.54, 1.807) is 0 Å². The van der Waals surface area contributed by atoms with E-state index < -0.39 is 5.41 Å². The third kappa shape index (κ3) is 2.94. The topological polar surface area (TPSA) is 85.5 Å². The summed E-state index contributed by atoms with van der Waals surface area (Å²) in [4.78, 5) is 32.5. The van der Waals surface area contributed by atoms with Crippen LogP contribution >= 0.6 is 0 Å². The van der Waals surface area contributed by atoms with Crippen LogP contribution in [0.5, 0.6) is 0 Å². The number of esters is 1. The zero-order valence-electron chi connectivity index (χ0n) is 17.5. The maximum absolute atomic E-state index is 13.4. The summed E-state index contributed by atoms with van der Waals surface area (Å²) in [6.07, 6.45) is 5.41. The van der Waals surface area contributed by atoms with E-state index in [4.69, 9.17) is 9.26 Å². The number of carbonyl (C=O) groups excluding carboxylic acids is 2. The van der Waals surface area contributed by atoms with Crippen molar-refractivity contribution in [2.75, 3.05) is 6.61 Å². The molecule has 0 unspecified atom stereocenters. The first-order valence-electron chi connectivity index (χ1n) is 11.0. The highest BCUT2D eigenvalue weighted by atomic mass is 16.5. The molecule has 7 heteroatoms. The van der Waals surface area contributed by atoms with Gasteiger partial charge in [-0.2, -0.15) is 4.98 Å². The molecule has 2 aromatic rings. The second-order valence-corrected chi connectivity index (χ2v) is 8.70. The highest BCUT2D eigenvalue weighted by molar-refractivity contribution is 5.96. The lowest BCUT2D eigenvalue weighted by molar-refractivity contribution is -0.157. The van der Waals surface area contributed by atoms with Crippen LogP contribution in [0.3, 0.4) is 0 Å². The number of amides is 1. The van der Waals surface area contributed by atoms with Crippen molar-refractivity contribution in [2.45, 2.75) is 70.4 Å². The summed E-state index contributed by atoms with van der Waals surface area (Å²) in [5.74, 6) is 1.51. The smallest absolute Gasteiger partial charge is 0.314 e. The predicted octanol–water partition coefficient (Wildman–Crippen LogP) is 3.95. The molecular weight excluding hydrogens is 382 g/mol. The fraction of sp³-hybridized carbons (Fsp3) is 0.565. The first-order valence-corrected chi connectivity index (χ1v) is 11.0. The van der Waals surface area contributed by atoms with Crippen LogP contribution < -0.4 is 0 Å². The van der Waals surface area contributed by atoms with Gasteiger partial charge in [0.1, 0.15) is 0 Å². The van der Waals surface area contributed by atoms with Gasteiger partial charge < -0.3 is 14.2 Å². The molecule has 0 N–H and O–H groups in total. The second-order valence-electron chi connectivity index (χ2n) is 8.70. The lowest BCUT2D eigenvalue weighted by Gasteiger charge is -2.34. The molecule has 1 aromatic carbocycles. The quantitative estimate of drug-likeness (QED) is 0.672. The van der Waals surface area contributed by atoms with Crippen molar-refractivity contribution < 1.29 is 18.8 Å². The Balaban J connectivity index is 1.36. The summed E-state index contributed by atoms with van der Waals surface area (Å²) < 4.78 is 10.7. The van der Waals surface area contributed by atoms with E-state index in [9.17, 15) is 9.59 Å². The van der Waals surface area contributed by atoms with Gasteiger partial charge in [0.2, 0.25) is 11.7 Å². The van der Waals surface area contributed by atoms with E-state index in [0.717, 1.165) is 31.2 Å². The summed E-state index contributed by atoms with van der Waals surface area (Å²) in [6, 6.07) is 7.39. The molecule has 5 rings (SSSR count). The molecule has 1 aliphatic carbocycles. The van der Waals surface area contributed by atoms with Crippen molar-refractivity contribution in [3.8, 4) is 11.4 Å². The fourth-order valence-corrected chi connectivity index (χ4v) is 5.27. The molecule has 1 saturated carbocycles. The van der Waals surface area contributed by atoms with Crippen LogP contribution in [0.4, 0.5) is 0 Å². The summed E-state index contributed by atoms with van der Waals surface area (Å²) in [5.41, 5.74) is 0.886. The molecule has 30 heavy (non-hydrogen) atoms. The van der Waals surface area contributed by atoms with E-state index in [1.807, 2.05) is 43.0 Å². The molecule has 3 aliphatic rings. The minimum Gasteiger partial charge on any atom is -0.466 e. The van der Waals surface area contributed by atoms with Crippen molar-refractivity contribution in [1.82, 2.24) is 15.0 Å². The van der Waals surface area contributed by atoms with Crippen LogP contribution in [0.1, 0.15) is 74.5 Å².